The molecule has 0 fully saturated rings. The number of imidazole rings is 1. The van der Waals surface area contributed by atoms with Crippen LogP contribution in [0.5, 0.6) is 0 Å². The van der Waals surface area contributed by atoms with E-state index in [-0.39, 0.29) is 12.0 Å². The summed E-state index contributed by atoms with van der Waals surface area (Å²) in [5.41, 5.74) is 8.68. The zero-order valence-corrected chi connectivity index (χ0v) is 18.3. The molecule has 2 N–H and O–H groups in total. The van der Waals surface area contributed by atoms with Crippen molar-refractivity contribution >= 4 is 18.0 Å². The van der Waals surface area contributed by atoms with E-state index in [1.807, 2.05) is 47.4 Å². The molecule has 1 atom stereocenters. The average Bonchev–Trinajstić information content (AvgIpc) is 3.14. The molecule has 158 valence electrons. The van der Waals surface area contributed by atoms with E-state index in [4.69, 9.17) is 22.3 Å². The summed E-state index contributed by atoms with van der Waals surface area (Å²) in [5.74, 6) is 1.06. The summed E-state index contributed by atoms with van der Waals surface area (Å²) in [4.78, 5) is 18.8. The minimum absolute atomic E-state index is 0.148. The van der Waals surface area contributed by atoms with E-state index in [9.17, 15) is 4.79 Å². The Bertz CT molecular complexity index is 955. The molecule has 0 saturated carbocycles. The maximum Gasteiger partial charge on any atom is 0.210 e. The van der Waals surface area contributed by atoms with Crippen molar-refractivity contribution in [3.8, 4) is 11.3 Å². The lowest BCUT2D eigenvalue weighted by atomic mass is 10.0. The number of amides is 1. The standard InChI is InChI=1S/C24H29ClN4O/c1-18(2)23(28(17-30)13-7-12-26)24-27-22(20-10-6-11-21(25)14-20)16-29(24)15-19-8-4-3-5-9-19/h3-6,8-11,14,16-18,23H,7,12-13,15,26H2,1-2H3/t23-/m1/s1. The van der Waals surface area contributed by atoms with E-state index >= 15 is 0 Å². The third-order valence-electron chi connectivity index (χ3n) is 5.13. The molecule has 0 radical (unpaired) electrons. The van der Waals surface area contributed by atoms with Crippen molar-refractivity contribution in [1.82, 2.24) is 14.5 Å². The number of hydrogen-bond acceptors (Lipinski definition) is 3. The number of nitrogens with zero attached hydrogens (tertiary/aromatic N) is 3. The molecule has 0 bridgehead atoms. The molecule has 1 aromatic heterocycles. The molecule has 5 nitrogen and oxygen atoms in total. The van der Waals surface area contributed by atoms with Gasteiger partial charge in [0, 0.05) is 29.9 Å². The third kappa shape index (κ3) is 5.29. The van der Waals surface area contributed by atoms with Gasteiger partial charge in [-0.15, -0.1) is 0 Å². The first-order valence-electron chi connectivity index (χ1n) is 10.3. The van der Waals surface area contributed by atoms with Crippen molar-refractivity contribution in [1.29, 1.82) is 0 Å². The topological polar surface area (TPSA) is 64.2 Å². The van der Waals surface area contributed by atoms with Gasteiger partial charge in [-0.3, -0.25) is 4.79 Å². The summed E-state index contributed by atoms with van der Waals surface area (Å²) in [6.07, 6.45) is 3.72. The molecule has 3 rings (SSSR count). The zero-order valence-electron chi connectivity index (χ0n) is 17.5. The monoisotopic (exact) mass is 424 g/mol. The molecule has 6 heteroatoms. The molecule has 3 aromatic rings. The number of rotatable bonds is 10. The van der Waals surface area contributed by atoms with Crippen LogP contribution in [-0.4, -0.2) is 34.0 Å². The highest BCUT2D eigenvalue weighted by atomic mass is 35.5. The van der Waals surface area contributed by atoms with Crippen LogP contribution in [-0.2, 0) is 11.3 Å². The van der Waals surface area contributed by atoms with Crippen molar-refractivity contribution in [2.45, 2.75) is 32.9 Å². The molecule has 0 spiro atoms. The molecule has 0 saturated heterocycles. The van der Waals surface area contributed by atoms with Gasteiger partial charge in [0.1, 0.15) is 5.82 Å². The Morgan fingerprint density at radius 2 is 1.93 bits per heavy atom. The predicted octanol–water partition coefficient (Wildman–Crippen LogP) is 4.76. The van der Waals surface area contributed by atoms with Crippen molar-refractivity contribution in [2.75, 3.05) is 13.1 Å². The van der Waals surface area contributed by atoms with E-state index in [2.05, 4.69) is 36.7 Å². The summed E-state index contributed by atoms with van der Waals surface area (Å²) in [5, 5.41) is 0.671. The molecule has 0 aliphatic heterocycles. The smallest absolute Gasteiger partial charge is 0.210 e. The van der Waals surface area contributed by atoms with Crippen molar-refractivity contribution in [2.24, 2.45) is 11.7 Å². The van der Waals surface area contributed by atoms with Gasteiger partial charge in [-0.2, -0.15) is 0 Å². The van der Waals surface area contributed by atoms with Crippen LogP contribution in [0.25, 0.3) is 11.3 Å². The largest absolute Gasteiger partial charge is 0.335 e. The maximum absolute atomic E-state index is 12.0. The summed E-state index contributed by atoms with van der Waals surface area (Å²) < 4.78 is 2.15. The number of hydrogen-bond donors (Lipinski definition) is 1. The van der Waals surface area contributed by atoms with Gasteiger partial charge >= 0.3 is 0 Å². The van der Waals surface area contributed by atoms with Crippen LogP contribution in [0.3, 0.4) is 0 Å². The first-order chi connectivity index (χ1) is 14.5. The number of benzene rings is 2. The molecule has 0 aliphatic rings. The van der Waals surface area contributed by atoms with Crippen molar-refractivity contribution < 1.29 is 4.79 Å². The molecular formula is C24H29ClN4O. The van der Waals surface area contributed by atoms with Gasteiger partial charge < -0.3 is 15.2 Å². The highest BCUT2D eigenvalue weighted by Gasteiger charge is 2.28. The highest BCUT2D eigenvalue weighted by Crippen LogP contribution is 2.31. The Balaban J connectivity index is 2.07. The molecule has 1 heterocycles. The van der Waals surface area contributed by atoms with Crippen LogP contribution >= 0.6 is 11.6 Å². The molecular weight excluding hydrogens is 396 g/mol. The minimum atomic E-state index is -0.148. The van der Waals surface area contributed by atoms with Crippen LogP contribution in [0, 0.1) is 5.92 Å². The molecule has 0 unspecified atom stereocenters. The highest BCUT2D eigenvalue weighted by molar-refractivity contribution is 6.30. The van der Waals surface area contributed by atoms with Gasteiger partial charge in [-0.05, 0) is 36.6 Å². The second-order valence-electron chi connectivity index (χ2n) is 7.78. The summed E-state index contributed by atoms with van der Waals surface area (Å²) in [7, 11) is 0. The summed E-state index contributed by atoms with van der Waals surface area (Å²) in [6, 6.07) is 17.8. The number of carbonyl (C=O) groups is 1. The van der Waals surface area contributed by atoms with E-state index in [0.29, 0.717) is 24.7 Å². The van der Waals surface area contributed by atoms with Crippen LogP contribution in [0.2, 0.25) is 5.02 Å². The number of nitrogens with two attached hydrogens (primary N) is 1. The zero-order chi connectivity index (χ0) is 21.5. The molecule has 30 heavy (non-hydrogen) atoms. The second kappa shape index (κ2) is 10.4. The lowest BCUT2D eigenvalue weighted by molar-refractivity contribution is -0.121. The van der Waals surface area contributed by atoms with Gasteiger partial charge in [0.25, 0.3) is 0 Å². The molecule has 0 aliphatic carbocycles. The summed E-state index contributed by atoms with van der Waals surface area (Å²) in [6.45, 7) is 6.06. The number of halogens is 1. The molecule has 2 aromatic carbocycles. The Morgan fingerprint density at radius 1 is 1.17 bits per heavy atom. The van der Waals surface area contributed by atoms with E-state index < -0.39 is 0 Å². The van der Waals surface area contributed by atoms with Crippen LogP contribution in [0.15, 0.2) is 60.8 Å². The average molecular weight is 425 g/mol. The first kappa shape index (κ1) is 22.1. The number of carbonyl (C=O) groups excluding carboxylic acids is 1. The summed E-state index contributed by atoms with van der Waals surface area (Å²) >= 11 is 6.21. The van der Waals surface area contributed by atoms with Gasteiger partial charge in [-0.1, -0.05) is 67.9 Å². The quantitative estimate of drug-likeness (QED) is 0.477. The van der Waals surface area contributed by atoms with E-state index in [1.54, 1.807) is 0 Å². The SMILES string of the molecule is CC(C)[C@H](c1nc(-c2cccc(Cl)c2)cn1Cc1ccccc1)N(C=O)CCCN. The Hall–Kier alpha value is -2.63. The Kier molecular flexibility index (Phi) is 7.66. The van der Waals surface area contributed by atoms with Gasteiger partial charge in [0.05, 0.1) is 11.7 Å². The minimum Gasteiger partial charge on any atom is -0.335 e. The van der Waals surface area contributed by atoms with E-state index in [0.717, 1.165) is 29.9 Å². The van der Waals surface area contributed by atoms with Crippen LogP contribution < -0.4 is 5.73 Å². The van der Waals surface area contributed by atoms with E-state index in [1.165, 1.54) is 5.56 Å². The van der Waals surface area contributed by atoms with Crippen molar-refractivity contribution in [3.63, 3.8) is 0 Å². The first-order valence-corrected chi connectivity index (χ1v) is 10.7. The normalized spacial score (nSPS) is 12.2. The van der Waals surface area contributed by atoms with Gasteiger partial charge in [-0.25, -0.2) is 4.98 Å². The van der Waals surface area contributed by atoms with Gasteiger partial charge in [0.2, 0.25) is 6.41 Å². The Morgan fingerprint density at radius 3 is 2.57 bits per heavy atom. The van der Waals surface area contributed by atoms with Crippen LogP contribution in [0.4, 0.5) is 0 Å². The fraction of sp³-hybridized carbons (Fsp3) is 0.333. The van der Waals surface area contributed by atoms with Crippen molar-refractivity contribution in [3.05, 3.63) is 77.2 Å². The lowest BCUT2D eigenvalue weighted by Gasteiger charge is -2.31. The van der Waals surface area contributed by atoms with Gasteiger partial charge in [0.15, 0.2) is 0 Å². The second-order valence-corrected chi connectivity index (χ2v) is 8.22. The maximum atomic E-state index is 12.0. The lowest BCUT2D eigenvalue weighted by Crippen LogP contribution is -2.34. The third-order valence-corrected chi connectivity index (χ3v) is 5.37. The fourth-order valence-electron chi connectivity index (χ4n) is 3.72. The molecule has 1 amide bonds. The van der Waals surface area contributed by atoms with Crippen LogP contribution in [0.1, 0.15) is 37.7 Å². The predicted molar refractivity (Wildman–Crippen MR) is 122 cm³/mol. The fourth-order valence-corrected chi connectivity index (χ4v) is 3.91. The Labute approximate surface area is 183 Å². The number of aromatic nitrogens is 2.